The molecule has 1 aliphatic carbocycles. The van der Waals surface area contributed by atoms with Crippen LogP contribution < -0.4 is 10.6 Å². The molecule has 1 heterocycles. The minimum atomic E-state index is -1.83. The van der Waals surface area contributed by atoms with Crippen molar-refractivity contribution < 1.29 is 29.5 Å². The van der Waals surface area contributed by atoms with Gasteiger partial charge in [0.25, 0.3) is 11.6 Å². The number of nitro groups is 1. The fourth-order valence-electron chi connectivity index (χ4n) is 3.26. The molecule has 32 heavy (non-hydrogen) atoms. The fraction of sp³-hybridized carbons (Fsp3) is 0.350. The van der Waals surface area contributed by atoms with Crippen LogP contribution in [-0.2, 0) is 11.3 Å². The van der Waals surface area contributed by atoms with E-state index in [1.54, 1.807) is 12.1 Å². The zero-order valence-electron chi connectivity index (χ0n) is 16.9. The second kappa shape index (κ2) is 12.0. The van der Waals surface area contributed by atoms with E-state index in [0.717, 1.165) is 43.4 Å². The van der Waals surface area contributed by atoms with Crippen molar-refractivity contribution in [2.24, 2.45) is 5.92 Å². The first-order chi connectivity index (χ1) is 15.2. The molecule has 1 fully saturated rings. The second-order valence-corrected chi connectivity index (χ2v) is 8.69. The third-order valence-electron chi connectivity index (χ3n) is 4.73. The molecule has 172 valence electrons. The fourth-order valence-corrected chi connectivity index (χ4v) is 4.38. The molecule has 1 aromatic heterocycles. The molecule has 10 nitrogen and oxygen atoms in total. The van der Waals surface area contributed by atoms with E-state index in [1.807, 2.05) is 0 Å². The van der Waals surface area contributed by atoms with Crippen LogP contribution in [0.15, 0.2) is 30.3 Å². The Morgan fingerprint density at radius 2 is 1.81 bits per heavy atom. The average molecular weight is 484 g/mol. The number of thiophene rings is 1. The lowest BCUT2D eigenvalue weighted by Gasteiger charge is -2.20. The third kappa shape index (κ3) is 7.82. The Bertz CT molecular complexity index is 985. The van der Waals surface area contributed by atoms with Gasteiger partial charge >= 0.3 is 6.16 Å². The molecular formula is C20H22ClN3O7S. The van der Waals surface area contributed by atoms with Gasteiger partial charge in [-0.15, -0.1) is 11.3 Å². The Kier molecular flexibility index (Phi) is 9.41. The van der Waals surface area contributed by atoms with Gasteiger partial charge in [0.2, 0.25) is 5.91 Å². The van der Waals surface area contributed by atoms with Crippen LogP contribution in [0.4, 0.5) is 15.5 Å². The van der Waals surface area contributed by atoms with Gasteiger partial charge in [0.1, 0.15) is 5.00 Å². The summed E-state index contributed by atoms with van der Waals surface area (Å²) in [5.41, 5.74) is 0.868. The van der Waals surface area contributed by atoms with Crippen molar-refractivity contribution in [1.29, 1.82) is 0 Å². The zero-order valence-corrected chi connectivity index (χ0v) is 18.4. The summed E-state index contributed by atoms with van der Waals surface area (Å²) in [6.07, 6.45) is 3.12. The number of anilines is 1. The highest BCUT2D eigenvalue weighted by Gasteiger charge is 2.24. The average Bonchev–Trinajstić information content (AvgIpc) is 3.12. The van der Waals surface area contributed by atoms with Crippen molar-refractivity contribution in [1.82, 2.24) is 5.32 Å². The molecule has 4 N–H and O–H groups in total. The van der Waals surface area contributed by atoms with Crippen LogP contribution in [0.5, 0.6) is 0 Å². The molecule has 0 aliphatic heterocycles. The molecule has 1 aliphatic rings. The topological polar surface area (TPSA) is 159 Å². The van der Waals surface area contributed by atoms with Crippen LogP contribution in [0, 0.1) is 16.0 Å². The molecule has 1 aromatic carbocycles. The number of amides is 2. The summed E-state index contributed by atoms with van der Waals surface area (Å²) in [6.45, 7) is 0.129. The molecule has 0 spiro atoms. The van der Waals surface area contributed by atoms with Gasteiger partial charge in [0.15, 0.2) is 0 Å². The monoisotopic (exact) mass is 483 g/mol. The van der Waals surface area contributed by atoms with Gasteiger partial charge < -0.3 is 20.8 Å². The Morgan fingerprint density at radius 3 is 2.44 bits per heavy atom. The maximum absolute atomic E-state index is 12.6. The first-order valence-electron chi connectivity index (χ1n) is 9.71. The van der Waals surface area contributed by atoms with Crippen molar-refractivity contribution >= 4 is 51.6 Å². The molecule has 1 saturated carbocycles. The van der Waals surface area contributed by atoms with Crippen LogP contribution in [0.1, 0.15) is 48.0 Å². The number of benzene rings is 1. The minimum Gasteiger partial charge on any atom is -0.450 e. The number of halogens is 1. The molecule has 0 bridgehead atoms. The van der Waals surface area contributed by atoms with Gasteiger partial charge in [-0.25, -0.2) is 4.79 Å². The number of hydrogen-bond donors (Lipinski definition) is 4. The lowest BCUT2D eigenvalue weighted by molar-refractivity contribution is -0.384. The van der Waals surface area contributed by atoms with Gasteiger partial charge in [-0.2, -0.15) is 0 Å². The molecule has 0 saturated heterocycles. The van der Waals surface area contributed by atoms with Crippen LogP contribution in [0.2, 0.25) is 4.34 Å². The molecular weight excluding hydrogens is 462 g/mol. The largest absolute Gasteiger partial charge is 0.503 e. The first-order valence-corrected chi connectivity index (χ1v) is 10.9. The molecule has 2 aromatic rings. The molecule has 2 amide bonds. The highest BCUT2D eigenvalue weighted by Crippen LogP contribution is 2.33. The summed E-state index contributed by atoms with van der Waals surface area (Å²) >= 11 is 7.21. The Labute approximate surface area is 192 Å². The van der Waals surface area contributed by atoms with Gasteiger partial charge in [0, 0.05) is 24.6 Å². The molecule has 0 atom stereocenters. The van der Waals surface area contributed by atoms with Crippen molar-refractivity contribution in [2.75, 3.05) is 5.32 Å². The standard InChI is InChI=1S/C19H20ClN3O4S.CH2O3/c20-16-10-15(19(28-16)22-17(24)13-6-2-1-3-7-13)18(25)21-11-12-5-4-8-14(9-12)23(26)27;2-1(3)4/h4-5,8-10,13H,1-3,6-7,11H2,(H,21,25)(H,22,24);(H2,2,3,4). The zero-order chi connectivity index (χ0) is 23.7. The van der Waals surface area contributed by atoms with Crippen LogP contribution >= 0.6 is 22.9 Å². The predicted molar refractivity (Wildman–Crippen MR) is 119 cm³/mol. The van der Waals surface area contributed by atoms with E-state index >= 15 is 0 Å². The van der Waals surface area contributed by atoms with E-state index in [0.29, 0.717) is 20.5 Å². The Hall–Kier alpha value is -3.18. The van der Waals surface area contributed by atoms with Gasteiger partial charge in [-0.05, 0) is 24.5 Å². The molecule has 0 radical (unpaired) electrons. The van der Waals surface area contributed by atoms with Crippen LogP contribution in [0.3, 0.4) is 0 Å². The maximum atomic E-state index is 12.6. The number of rotatable bonds is 6. The van der Waals surface area contributed by atoms with Crippen molar-refractivity contribution in [2.45, 2.75) is 38.6 Å². The van der Waals surface area contributed by atoms with E-state index in [2.05, 4.69) is 10.6 Å². The van der Waals surface area contributed by atoms with Gasteiger partial charge in [0.05, 0.1) is 14.8 Å². The van der Waals surface area contributed by atoms with E-state index in [9.17, 15) is 19.7 Å². The smallest absolute Gasteiger partial charge is 0.450 e. The van der Waals surface area contributed by atoms with E-state index in [4.69, 9.17) is 26.6 Å². The van der Waals surface area contributed by atoms with E-state index < -0.39 is 17.0 Å². The predicted octanol–water partition coefficient (Wildman–Crippen LogP) is 4.98. The summed E-state index contributed by atoms with van der Waals surface area (Å²) in [7, 11) is 0. The van der Waals surface area contributed by atoms with Gasteiger partial charge in [-0.1, -0.05) is 43.0 Å². The number of nitrogens with one attached hydrogen (secondary N) is 2. The summed E-state index contributed by atoms with van der Waals surface area (Å²) < 4.78 is 0.402. The highest BCUT2D eigenvalue weighted by molar-refractivity contribution is 7.20. The summed E-state index contributed by atoms with van der Waals surface area (Å²) in [5, 5.41) is 30.8. The van der Waals surface area contributed by atoms with Crippen molar-refractivity contribution in [3.8, 4) is 0 Å². The van der Waals surface area contributed by atoms with Crippen molar-refractivity contribution in [3.05, 3.63) is 55.9 Å². The summed E-state index contributed by atoms with van der Waals surface area (Å²) in [5.74, 6) is -0.505. The van der Waals surface area contributed by atoms with E-state index in [1.165, 1.54) is 18.2 Å². The van der Waals surface area contributed by atoms with E-state index in [-0.39, 0.29) is 24.1 Å². The number of carboxylic acid groups (broad SMARTS) is 2. The third-order valence-corrected chi connectivity index (χ3v) is 5.91. The maximum Gasteiger partial charge on any atom is 0.503 e. The first kappa shape index (κ1) is 25.1. The minimum absolute atomic E-state index is 0.0320. The lowest BCUT2D eigenvalue weighted by atomic mass is 9.89. The molecule has 3 rings (SSSR count). The number of nitro benzene ring substituents is 1. The normalized spacial score (nSPS) is 13.4. The van der Waals surface area contributed by atoms with Crippen LogP contribution in [0.25, 0.3) is 0 Å². The van der Waals surface area contributed by atoms with Gasteiger partial charge in [-0.3, -0.25) is 19.7 Å². The highest BCUT2D eigenvalue weighted by atomic mass is 35.5. The van der Waals surface area contributed by atoms with Crippen molar-refractivity contribution in [3.63, 3.8) is 0 Å². The summed E-state index contributed by atoms with van der Waals surface area (Å²) in [4.78, 5) is 44.0. The Morgan fingerprint density at radius 1 is 1.16 bits per heavy atom. The number of hydrogen-bond acceptors (Lipinski definition) is 6. The number of carbonyl (C=O) groups excluding carboxylic acids is 2. The SMILES string of the molecule is O=C(NCc1cccc([N+](=O)[O-])c1)c1cc(Cl)sc1NC(=O)C1CCCCC1.O=C(O)O. The number of nitrogens with zero attached hydrogens (tertiary/aromatic N) is 1. The van der Waals surface area contributed by atoms with Crippen LogP contribution in [-0.4, -0.2) is 33.1 Å². The lowest BCUT2D eigenvalue weighted by Crippen LogP contribution is -2.27. The number of carbonyl (C=O) groups is 3. The second-order valence-electron chi connectivity index (χ2n) is 7.01. The summed E-state index contributed by atoms with van der Waals surface area (Å²) in [6, 6.07) is 7.58. The quantitative estimate of drug-likeness (QED) is 0.333. The number of non-ortho nitro benzene ring substituents is 1. The Balaban J connectivity index is 0.000000837. The molecule has 0 unspecified atom stereocenters. The molecule has 12 heteroatoms.